The van der Waals surface area contributed by atoms with Crippen molar-refractivity contribution in [3.63, 3.8) is 0 Å². The van der Waals surface area contributed by atoms with E-state index in [1.165, 1.54) is 0 Å². The molecule has 0 aliphatic heterocycles. The summed E-state index contributed by atoms with van der Waals surface area (Å²) in [4.78, 5) is 13.2. The molecule has 0 saturated heterocycles. The van der Waals surface area contributed by atoms with Crippen LogP contribution >= 0.6 is 11.6 Å². The topological polar surface area (TPSA) is 86.1 Å². The lowest BCUT2D eigenvalue weighted by Crippen LogP contribution is -2.19. The molecule has 1 aromatic carbocycles. The number of carboxylic acid groups (broad SMARTS) is 1. The first-order valence-corrected chi connectivity index (χ1v) is 4.52. The summed E-state index contributed by atoms with van der Waals surface area (Å²) in [5.41, 5.74) is 8.94. The number of carbonyl (C=O) groups is 1. The molecule has 6 heteroatoms. The molecule has 0 spiro atoms. The zero-order chi connectivity index (χ0) is 11.3. The van der Waals surface area contributed by atoms with Gasteiger partial charge in [0.05, 0.1) is 0 Å². The molecule has 0 fully saturated rings. The zero-order valence-corrected chi connectivity index (χ0v) is 8.42. The van der Waals surface area contributed by atoms with Crippen LogP contribution in [0.15, 0.2) is 29.4 Å². The predicted octanol–water partition coefficient (Wildman–Crippen LogP) is 2.65. The maximum absolute atomic E-state index is 10.7. The molecule has 1 rings (SSSR count). The molecule has 1 atom stereocenters. The summed E-state index contributed by atoms with van der Waals surface area (Å²) in [5.74, 6) is -1.14. The molecule has 0 bridgehead atoms. The van der Waals surface area contributed by atoms with Crippen LogP contribution in [0.2, 0.25) is 5.02 Å². The second-order valence-electron chi connectivity index (χ2n) is 2.89. The second-order valence-corrected chi connectivity index (χ2v) is 3.33. The molecule has 0 aromatic heterocycles. The standard InChI is InChI=1S/C9H8ClN3O2/c10-7-3-1-6(2-4-7)5-8(9(14)15)12-13-11/h1-4,8H,5H2,(H,14,15). The first kappa shape index (κ1) is 11.4. The van der Waals surface area contributed by atoms with Gasteiger partial charge in [-0.25, -0.2) is 0 Å². The van der Waals surface area contributed by atoms with E-state index in [1.54, 1.807) is 24.3 Å². The highest BCUT2D eigenvalue weighted by Gasteiger charge is 2.15. The van der Waals surface area contributed by atoms with Gasteiger partial charge >= 0.3 is 5.97 Å². The lowest BCUT2D eigenvalue weighted by molar-refractivity contribution is -0.138. The molecule has 1 unspecified atom stereocenters. The van der Waals surface area contributed by atoms with Crippen LogP contribution in [0.25, 0.3) is 10.4 Å². The summed E-state index contributed by atoms with van der Waals surface area (Å²) >= 11 is 5.67. The van der Waals surface area contributed by atoms with Gasteiger partial charge in [0.25, 0.3) is 0 Å². The highest BCUT2D eigenvalue weighted by Crippen LogP contribution is 2.12. The lowest BCUT2D eigenvalue weighted by Gasteiger charge is -2.05. The fourth-order valence-corrected chi connectivity index (χ4v) is 1.21. The van der Waals surface area contributed by atoms with Crippen LogP contribution in [-0.4, -0.2) is 17.1 Å². The molecule has 15 heavy (non-hydrogen) atoms. The van der Waals surface area contributed by atoms with Gasteiger partial charge in [-0.3, -0.25) is 4.79 Å². The summed E-state index contributed by atoms with van der Waals surface area (Å²) in [6.07, 6.45) is 0.163. The summed E-state index contributed by atoms with van der Waals surface area (Å²) in [5, 5.41) is 12.5. The van der Waals surface area contributed by atoms with Crippen LogP contribution in [0.4, 0.5) is 0 Å². The molecular formula is C9H8ClN3O2. The minimum atomic E-state index is -1.14. The summed E-state index contributed by atoms with van der Waals surface area (Å²) in [6.45, 7) is 0. The molecule has 1 aromatic rings. The van der Waals surface area contributed by atoms with E-state index in [0.717, 1.165) is 5.56 Å². The summed E-state index contributed by atoms with van der Waals surface area (Å²) in [6, 6.07) is 5.64. The minimum absolute atomic E-state index is 0.163. The normalized spacial score (nSPS) is 11.5. The molecular weight excluding hydrogens is 218 g/mol. The van der Waals surface area contributed by atoms with E-state index in [-0.39, 0.29) is 6.42 Å². The Hall–Kier alpha value is -1.71. The van der Waals surface area contributed by atoms with Gasteiger partial charge in [-0.05, 0) is 29.6 Å². The van der Waals surface area contributed by atoms with Gasteiger partial charge in [-0.2, -0.15) is 0 Å². The Labute approximate surface area is 90.9 Å². The van der Waals surface area contributed by atoms with E-state index in [0.29, 0.717) is 5.02 Å². The van der Waals surface area contributed by atoms with Crippen molar-refractivity contribution in [2.75, 3.05) is 0 Å². The van der Waals surface area contributed by atoms with Crippen molar-refractivity contribution < 1.29 is 9.90 Å². The van der Waals surface area contributed by atoms with E-state index < -0.39 is 12.0 Å². The van der Waals surface area contributed by atoms with Crippen molar-refractivity contribution in [2.24, 2.45) is 5.11 Å². The van der Waals surface area contributed by atoms with Crippen LogP contribution in [0.3, 0.4) is 0 Å². The molecule has 0 aliphatic carbocycles. The number of aliphatic carboxylic acids is 1. The largest absolute Gasteiger partial charge is 0.481 e. The van der Waals surface area contributed by atoms with E-state index in [9.17, 15) is 4.79 Å². The molecule has 78 valence electrons. The molecule has 0 radical (unpaired) electrons. The number of carboxylic acids is 1. The highest BCUT2D eigenvalue weighted by molar-refractivity contribution is 6.30. The Morgan fingerprint density at radius 3 is 2.60 bits per heavy atom. The molecule has 0 heterocycles. The third-order valence-electron chi connectivity index (χ3n) is 1.82. The molecule has 0 aliphatic rings. The van der Waals surface area contributed by atoms with Gasteiger partial charge in [-0.1, -0.05) is 28.8 Å². The number of rotatable bonds is 4. The molecule has 5 nitrogen and oxygen atoms in total. The van der Waals surface area contributed by atoms with Crippen LogP contribution in [0.1, 0.15) is 5.56 Å². The number of halogens is 1. The van der Waals surface area contributed by atoms with Crippen LogP contribution in [0, 0.1) is 0 Å². The first-order chi connectivity index (χ1) is 7.13. The summed E-state index contributed by atoms with van der Waals surface area (Å²) in [7, 11) is 0. The third kappa shape index (κ3) is 3.50. The fraction of sp³-hybridized carbons (Fsp3) is 0.222. The van der Waals surface area contributed by atoms with Crippen molar-refractivity contribution in [2.45, 2.75) is 12.5 Å². The number of nitrogens with zero attached hydrogens (tertiary/aromatic N) is 3. The number of azide groups is 1. The van der Waals surface area contributed by atoms with Crippen LogP contribution in [0.5, 0.6) is 0 Å². The van der Waals surface area contributed by atoms with Gasteiger partial charge in [0.1, 0.15) is 6.04 Å². The van der Waals surface area contributed by atoms with Gasteiger partial charge in [0.15, 0.2) is 0 Å². The van der Waals surface area contributed by atoms with Gasteiger partial charge in [-0.15, -0.1) is 0 Å². The molecule has 0 amide bonds. The monoisotopic (exact) mass is 225 g/mol. The second kappa shape index (κ2) is 5.24. The average Bonchev–Trinajstić information content (AvgIpc) is 2.20. The van der Waals surface area contributed by atoms with Crippen LogP contribution in [-0.2, 0) is 11.2 Å². The highest BCUT2D eigenvalue weighted by atomic mass is 35.5. The smallest absolute Gasteiger partial charge is 0.312 e. The van der Waals surface area contributed by atoms with Crippen molar-refractivity contribution in [3.05, 3.63) is 45.3 Å². The molecule has 1 N–H and O–H groups in total. The summed E-state index contributed by atoms with van der Waals surface area (Å²) < 4.78 is 0. The van der Waals surface area contributed by atoms with E-state index in [2.05, 4.69) is 10.0 Å². The average molecular weight is 226 g/mol. The van der Waals surface area contributed by atoms with Crippen molar-refractivity contribution >= 4 is 17.6 Å². The van der Waals surface area contributed by atoms with Crippen molar-refractivity contribution in [1.29, 1.82) is 0 Å². The van der Waals surface area contributed by atoms with E-state index in [1.807, 2.05) is 0 Å². The number of hydrogen-bond acceptors (Lipinski definition) is 2. The van der Waals surface area contributed by atoms with Gasteiger partial charge in [0, 0.05) is 9.93 Å². The number of hydrogen-bond donors (Lipinski definition) is 1. The zero-order valence-electron chi connectivity index (χ0n) is 7.67. The Morgan fingerprint density at radius 2 is 2.13 bits per heavy atom. The van der Waals surface area contributed by atoms with Crippen molar-refractivity contribution in [3.8, 4) is 0 Å². The molecule has 0 saturated carbocycles. The Balaban J connectivity index is 2.78. The van der Waals surface area contributed by atoms with E-state index in [4.69, 9.17) is 22.2 Å². The third-order valence-corrected chi connectivity index (χ3v) is 2.07. The quantitative estimate of drug-likeness (QED) is 0.485. The Morgan fingerprint density at radius 1 is 1.53 bits per heavy atom. The lowest BCUT2D eigenvalue weighted by atomic mass is 10.1. The predicted molar refractivity (Wildman–Crippen MR) is 55.7 cm³/mol. The van der Waals surface area contributed by atoms with Gasteiger partial charge < -0.3 is 5.11 Å². The van der Waals surface area contributed by atoms with E-state index >= 15 is 0 Å². The maximum Gasteiger partial charge on any atom is 0.312 e. The SMILES string of the molecule is [N-]=[N+]=NC(Cc1ccc(Cl)cc1)C(=O)O. The number of benzene rings is 1. The van der Waals surface area contributed by atoms with Crippen molar-refractivity contribution in [1.82, 2.24) is 0 Å². The van der Waals surface area contributed by atoms with Gasteiger partial charge in [0.2, 0.25) is 0 Å². The maximum atomic E-state index is 10.7. The Kier molecular flexibility index (Phi) is 3.97. The Bertz CT molecular complexity index is 396. The minimum Gasteiger partial charge on any atom is -0.481 e. The fourth-order valence-electron chi connectivity index (χ4n) is 1.08. The van der Waals surface area contributed by atoms with Crippen LogP contribution < -0.4 is 0 Å². The first-order valence-electron chi connectivity index (χ1n) is 4.15.